The summed E-state index contributed by atoms with van der Waals surface area (Å²) in [5.41, 5.74) is 0.551. The second-order valence-electron chi connectivity index (χ2n) is 5.92. The topological polar surface area (TPSA) is 50.8 Å². The van der Waals surface area contributed by atoms with Crippen molar-refractivity contribution in [2.45, 2.75) is 39.2 Å². The first-order chi connectivity index (χ1) is 11.6. The highest BCUT2D eigenvalue weighted by Gasteiger charge is 2.24. The molecule has 0 saturated carbocycles. The number of piperidine rings is 1. The first-order valence-electron chi connectivity index (χ1n) is 8.66. The van der Waals surface area contributed by atoms with Crippen LogP contribution in [0, 0.1) is 0 Å². The first-order valence-corrected chi connectivity index (χ1v) is 9.04. The first kappa shape index (κ1) is 18.9. The Kier molecular flexibility index (Phi) is 7.18. The van der Waals surface area contributed by atoms with Crippen LogP contribution in [0.25, 0.3) is 0 Å². The number of likely N-dealkylation sites (tertiary alicyclic amines) is 1. The van der Waals surface area contributed by atoms with Crippen LogP contribution in [0.3, 0.4) is 0 Å². The molecule has 1 amide bonds. The largest absolute Gasteiger partial charge is 0.490 e. The van der Waals surface area contributed by atoms with E-state index in [9.17, 15) is 4.79 Å². The number of nitrogens with zero attached hydrogens (tertiary/aromatic N) is 1. The van der Waals surface area contributed by atoms with Crippen molar-refractivity contribution in [3.8, 4) is 11.5 Å². The predicted molar refractivity (Wildman–Crippen MR) is 96.4 cm³/mol. The zero-order valence-electron chi connectivity index (χ0n) is 14.7. The van der Waals surface area contributed by atoms with Crippen molar-refractivity contribution in [3.05, 3.63) is 22.7 Å². The van der Waals surface area contributed by atoms with Crippen molar-refractivity contribution in [1.82, 2.24) is 10.2 Å². The summed E-state index contributed by atoms with van der Waals surface area (Å²) in [6.07, 6.45) is 2.81. The minimum absolute atomic E-state index is 0.00514. The van der Waals surface area contributed by atoms with E-state index in [0.29, 0.717) is 41.3 Å². The van der Waals surface area contributed by atoms with E-state index in [-0.39, 0.29) is 5.91 Å². The Morgan fingerprint density at radius 2 is 2.00 bits per heavy atom. The summed E-state index contributed by atoms with van der Waals surface area (Å²) < 4.78 is 11.3. The number of hydrogen-bond donors (Lipinski definition) is 1. The lowest BCUT2D eigenvalue weighted by molar-refractivity contribution is 0.0707. The van der Waals surface area contributed by atoms with E-state index >= 15 is 0 Å². The van der Waals surface area contributed by atoms with Gasteiger partial charge in [0, 0.05) is 24.7 Å². The third-order valence-electron chi connectivity index (χ3n) is 4.20. The number of carbonyl (C=O) groups is 1. The number of benzene rings is 1. The Balaban J connectivity index is 2.19. The Bertz CT molecular complexity index is 557. The quantitative estimate of drug-likeness (QED) is 0.815. The molecule has 2 rings (SSSR count). The fourth-order valence-electron chi connectivity index (χ4n) is 2.85. The molecule has 1 saturated heterocycles. The second-order valence-corrected chi connectivity index (χ2v) is 6.33. The molecule has 1 aromatic carbocycles. The third-order valence-corrected chi connectivity index (χ3v) is 4.48. The molecule has 24 heavy (non-hydrogen) atoms. The van der Waals surface area contributed by atoms with Crippen molar-refractivity contribution in [2.75, 3.05) is 33.4 Å². The van der Waals surface area contributed by atoms with Crippen LogP contribution in [-0.4, -0.2) is 50.2 Å². The molecule has 1 N–H and O–H groups in total. The van der Waals surface area contributed by atoms with Crippen LogP contribution in [-0.2, 0) is 0 Å². The average Bonchev–Trinajstić information content (AvgIpc) is 2.60. The fourth-order valence-corrected chi connectivity index (χ4v) is 3.12. The molecule has 5 nitrogen and oxygen atoms in total. The molecular weight excluding hydrogens is 328 g/mol. The smallest absolute Gasteiger partial charge is 0.254 e. The van der Waals surface area contributed by atoms with E-state index < -0.39 is 0 Å². The van der Waals surface area contributed by atoms with Crippen LogP contribution >= 0.6 is 11.6 Å². The lowest BCUT2D eigenvalue weighted by Crippen LogP contribution is -2.43. The molecule has 1 aromatic rings. The van der Waals surface area contributed by atoms with E-state index in [2.05, 4.69) is 5.32 Å². The van der Waals surface area contributed by atoms with Crippen LogP contribution in [0.1, 0.15) is 43.5 Å². The van der Waals surface area contributed by atoms with Crippen LogP contribution in [0.4, 0.5) is 0 Å². The van der Waals surface area contributed by atoms with Gasteiger partial charge in [-0.3, -0.25) is 4.79 Å². The Labute approximate surface area is 149 Å². The van der Waals surface area contributed by atoms with Gasteiger partial charge in [-0.15, -0.1) is 0 Å². The highest BCUT2D eigenvalue weighted by atomic mass is 35.5. The zero-order valence-corrected chi connectivity index (χ0v) is 15.5. The van der Waals surface area contributed by atoms with Gasteiger partial charge in [-0.05, 0) is 45.4 Å². The molecule has 0 atom stereocenters. The molecule has 0 bridgehead atoms. The Hall–Kier alpha value is -1.46. The van der Waals surface area contributed by atoms with Crippen molar-refractivity contribution < 1.29 is 14.3 Å². The molecular formula is C18H27ClN2O3. The SMILES string of the molecule is CCCOc1c(Cl)cc(C(=O)N2CCC(NC)CC2)cc1OCC. The number of ether oxygens (including phenoxy) is 2. The molecule has 0 unspecified atom stereocenters. The summed E-state index contributed by atoms with van der Waals surface area (Å²) in [5, 5.41) is 3.69. The molecule has 0 aliphatic carbocycles. The van der Waals surface area contributed by atoms with Gasteiger partial charge in [-0.25, -0.2) is 0 Å². The highest BCUT2D eigenvalue weighted by Crippen LogP contribution is 2.37. The second kappa shape index (κ2) is 9.14. The predicted octanol–water partition coefficient (Wildman–Crippen LogP) is 3.35. The van der Waals surface area contributed by atoms with E-state index in [1.165, 1.54) is 0 Å². The molecule has 1 heterocycles. The van der Waals surface area contributed by atoms with Crippen molar-refractivity contribution in [2.24, 2.45) is 0 Å². The Morgan fingerprint density at radius 1 is 1.29 bits per heavy atom. The summed E-state index contributed by atoms with van der Waals surface area (Å²) in [6, 6.07) is 3.91. The maximum Gasteiger partial charge on any atom is 0.254 e. The maximum absolute atomic E-state index is 12.8. The van der Waals surface area contributed by atoms with E-state index in [1.807, 2.05) is 25.8 Å². The van der Waals surface area contributed by atoms with Gasteiger partial charge < -0.3 is 19.7 Å². The van der Waals surface area contributed by atoms with Crippen LogP contribution < -0.4 is 14.8 Å². The number of nitrogens with one attached hydrogen (secondary N) is 1. The Morgan fingerprint density at radius 3 is 2.58 bits per heavy atom. The maximum atomic E-state index is 12.8. The molecule has 0 aromatic heterocycles. The van der Waals surface area contributed by atoms with Gasteiger partial charge in [0.2, 0.25) is 0 Å². The van der Waals surface area contributed by atoms with Gasteiger partial charge in [-0.1, -0.05) is 18.5 Å². The van der Waals surface area contributed by atoms with E-state index in [4.69, 9.17) is 21.1 Å². The van der Waals surface area contributed by atoms with Crippen molar-refractivity contribution in [1.29, 1.82) is 0 Å². The van der Waals surface area contributed by atoms with Gasteiger partial charge in [0.15, 0.2) is 11.5 Å². The fraction of sp³-hybridized carbons (Fsp3) is 0.611. The number of carbonyl (C=O) groups excluding carboxylic acids is 1. The average molecular weight is 355 g/mol. The number of rotatable bonds is 7. The number of amides is 1. The van der Waals surface area contributed by atoms with Crippen LogP contribution in [0.5, 0.6) is 11.5 Å². The molecule has 1 fully saturated rings. The van der Waals surface area contributed by atoms with Gasteiger partial charge in [0.25, 0.3) is 5.91 Å². The number of hydrogen-bond acceptors (Lipinski definition) is 4. The normalized spacial score (nSPS) is 15.4. The molecule has 0 radical (unpaired) electrons. The lowest BCUT2D eigenvalue weighted by Gasteiger charge is -2.32. The lowest BCUT2D eigenvalue weighted by atomic mass is 10.0. The minimum atomic E-state index is -0.00514. The summed E-state index contributed by atoms with van der Waals surface area (Å²) >= 11 is 6.35. The summed E-state index contributed by atoms with van der Waals surface area (Å²) in [4.78, 5) is 14.7. The summed E-state index contributed by atoms with van der Waals surface area (Å²) in [7, 11) is 1.96. The molecule has 6 heteroatoms. The highest BCUT2D eigenvalue weighted by molar-refractivity contribution is 6.32. The monoisotopic (exact) mass is 354 g/mol. The van der Waals surface area contributed by atoms with Crippen molar-refractivity contribution >= 4 is 17.5 Å². The molecule has 1 aliphatic rings. The van der Waals surface area contributed by atoms with Gasteiger partial charge >= 0.3 is 0 Å². The van der Waals surface area contributed by atoms with E-state index in [0.717, 1.165) is 32.4 Å². The molecule has 134 valence electrons. The van der Waals surface area contributed by atoms with Gasteiger partial charge in [0.05, 0.1) is 18.2 Å². The van der Waals surface area contributed by atoms with E-state index in [1.54, 1.807) is 12.1 Å². The summed E-state index contributed by atoms with van der Waals surface area (Å²) in [6.45, 7) is 6.48. The van der Waals surface area contributed by atoms with Crippen LogP contribution in [0.2, 0.25) is 5.02 Å². The standard InChI is InChI=1S/C18H27ClN2O3/c1-4-10-24-17-15(19)11-13(12-16(17)23-5-2)18(22)21-8-6-14(20-3)7-9-21/h11-12,14,20H,4-10H2,1-3H3. The minimum Gasteiger partial charge on any atom is -0.490 e. The summed E-state index contributed by atoms with van der Waals surface area (Å²) in [5.74, 6) is 1.05. The van der Waals surface area contributed by atoms with Crippen molar-refractivity contribution in [3.63, 3.8) is 0 Å². The van der Waals surface area contributed by atoms with Gasteiger partial charge in [-0.2, -0.15) is 0 Å². The molecule has 0 spiro atoms. The molecule has 1 aliphatic heterocycles. The number of halogens is 1. The van der Waals surface area contributed by atoms with Gasteiger partial charge in [0.1, 0.15) is 0 Å². The van der Waals surface area contributed by atoms with Crippen LogP contribution in [0.15, 0.2) is 12.1 Å². The zero-order chi connectivity index (χ0) is 17.5. The third kappa shape index (κ3) is 4.54.